The SMILES string of the molecule is CC1(CNc2cc([N+](=O)[O-])cc(Cl)n2)CCCC1. The Morgan fingerprint density at radius 2 is 2.17 bits per heavy atom. The number of pyridine rings is 1. The minimum absolute atomic E-state index is 0.0333. The smallest absolute Gasteiger partial charge is 0.276 e. The van der Waals surface area contributed by atoms with Gasteiger partial charge < -0.3 is 5.32 Å². The summed E-state index contributed by atoms with van der Waals surface area (Å²) in [5.41, 5.74) is 0.229. The first-order chi connectivity index (χ1) is 8.48. The van der Waals surface area contributed by atoms with Crippen molar-refractivity contribution in [3.63, 3.8) is 0 Å². The molecule has 0 radical (unpaired) electrons. The molecule has 1 heterocycles. The fourth-order valence-electron chi connectivity index (χ4n) is 2.39. The van der Waals surface area contributed by atoms with Crippen LogP contribution in [-0.4, -0.2) is 16.5 Å². The van der Waals surface area contributed by atoms with Gasteiger partial charge in [-0.25, -0.2) is 4.98 Å². The van der Waals surface area contributed by atoms with Gasteiger partial charge >= 0.3 is 0 Å². The maximum atomic E-state index is 10.7. The summed E-state index contributed by atoms with van der Waals surface area (Å²) in [5, 5.41) is 14.0. The van der Waals surface area contributed by atoms with E-state index in [4.69, 9.17) is 11.6 Å². The normalized spacial score (nSPS) is 17.7. The second-order valence-corrected chi connectivity index (χ2v) is 5.55. The number of hydrogen-bond acceptors (Lipinski definition) is 4. The number of hydrogen-bond donors (Lipinski definition) is 1. The van der Waals surface area contributed by atoms with Crippen molar-refractivity contribution in [2.45, 2.75) is 32.6 Å². The Morgan fingerprint density at radius 1 is 1.50 bits per heavy atom. The van der Waals surface area contributed by atoms with Crippen molar-refractivity contribution >= 4 is 23.1 Å². The lowest BCUT2D eigenvalue weighted by atomic mass is 9.89. The van der Waals surface area contributed by atoms with E-state index in [0.29, 0.717) is 5.82 Å². The maximum Gasteiger partial charge on any atom is 0.276 e. The molecule has 18 heavy (non-hydrogen) atoms. The molecule has 0 spiro atoms. The quantitative estimate of drug-likeness (QED) is 0.515. The van der Waals surface area contributed by atoms with Crippen LogP contribution in [0.15, 0.2) is 12.1 Å². The Morgan fingerprint density at radius 3 is 2.78 bits per heavy atom. The van der Waals surface area contributed by atoms with Crippen molar-refractivity contribution in [1.29, 1.82) is 0 Å². The number of aromatic nitrogens is 1. The lowest BCUT2D eigenvalue weighted by Gasteiger charge is -2.23. The Hall–Kier alpha value is -1.36. The van der Waals surface area contributed by atoms with Gasteiger partial charge in [0.25, 0.3) is 5.69 Å². The average molecular weight is 270 g/mol. The van der Waals surface area contributed by atoms with E-state index in [1.165, 1.54) is 37.8 Å². The molecule has 0 aliphatic heterocycles. The topological polar surface area (TPSA) is 68.1 Å². The van der Waals surface area contributed by atoms with Crippen molar-refractivity contribution in [1.82, 2.24) is 4.98 Å². The van der Waals surface area contributed by atoms with Crippen LogP contribution in [0.3, 0.4) is 0 Å². The highest BCUT2D eigenvalue weighted by Gasteiger charge is 2.28. The summed E-state index contributed by atoms with van der Waals surface area (Å²) in [6, 6.07) is 2.67. The summed E-state index contributed by atoms with van der Waals surface area (Å²) < 4.78 is 0. The molecule has 0 unspecified atom stereocenters. The van der Waals surface area contributed by atoms with Gasteiger partial charge in [0.05, 0.1) is 17.1 Å². The molecular weight excluding hydrogens is 254 g/mol. The molecule has 1 fully saturated rings. The molecule has 0 aromatic carbocycles. The molecule has 1 aromatic heterocycles. The van der Waals surface area contributed by atoms with Gasteiger partial charge in [-0.3, -0.25) is 10.1 Å². The Kier molecular flexibility index (Phi) is 3.71. The van der Waals surface area contributed by atoms with Gasteiger partial charge in [-0.1, -0.05) is 31.4 Å². The molecule has 2 rings (SSSR count). The molecule has 98 valence electrons. The number of nitrogens with zero attached hydrogens (tertiary/aromatic N) is 2. The van der Waals surface area contributed by atoms with E-state index in [9.17, 15) is 10.1 Å². The maximum absolute atomic E-state index is 10.7. The summed E-state index contributed by atoms with van der Waals surface area (Å²) in [6.45, 7) is 3.00. The number of nitro groups is 1. The highest BCUT2D eigenvalue weighted by atomic mass is 35.5. The van der Waals surface area contributed by atoms with E-state index in [1.54, 1.807) is 0 Å². The highest BCUT2D eigenvalue weighted by Crippen LogP contribution is 2.37. The zero-order valence-electron chi connectivity index (χ0n) is 10.3. The molecule has 1 saturated carbocycles. The van der Waals surface area contributed by atoms with Crippen molar-refractivity contribution in [2.75, 3.05) is 11.9 Å². The number of anilines is 1. The summed E-state index contributed by atoms with van der Waals surface area (Å²) in [5.74, 6) is 0.474. The van der Waals surface area contributed by atoms with Gasteiger partial charge in [0, 0.05) is 6.54 Å². The number of rotatable bonds is 4. The molecule has 6 heteroatoms. The summed E-state index contributed by atoms with van der Waals surface area (Å²) >= 11 is 5.77. The van der Waals surface area contributed by atoms with Crippen LogP contribution in [0, 0.1) is 15.5 Å². The molecule has 0 atom stereocenters. The van der Waals surface area contributed by atoms with Crippen LogP contribution in [0.25, 0.3) is 0 Å². The van der Waals surface area contributed by atoms with Crippen molar-refractivity contribution in [3.05, 3.63) is 27.4 Å². The molecule has 0 bridgehead atoms. The lowest BCUT2D eigenvalue weighted by molar-refractivity contribution is -0.384. The van der Waals surface area contributed by atoms with E-state index in [-0.39, 0.29) is 16.3 Å². The van der Waals surface area contributed by atoms with Gasteiger partial charge in [-0.15, -0.1) is 0 Å². The monoisotopic (exact) mass is 269 g/mol. The lowest BCUT2D eigenvalue weighted by Crippen LogP contribution is -2.23. The Bertz CT molecular complexity index is 459. The summed E-state index contributed by atoms with van der Waals surface area (Å²) in [4.78, 5) is 14.3. The van der Waals surface area contributed by atoms with Crippen molar-refractivity contribution in [2.24, 2.45) is 5.41 Å². The van der Waals surface area contributed by atoms with Gasteiger partial charge in [-0.05, 0) is 18.3 Å². The largest absolute Gasteiger partial charge is 0.369 e. The predicted molar refractivity (Wildman–Crippen MR) is 71.0 cm³/mol. The molecule has 1 aliphatic carbocycles. The summed E-state index contributed by atoms with van der Waals surface area (Å²) in [7, 11) is 0. The molecule has 0 amide bonds. The third kappa shape index (κ3) is 3.10. The van der Waals surface area contributed by atoms with Crippen LogP contribution >= 0.6 is 11.6 Å². The first-order valence-corrected chi connectivity index (χ1v) is 6.42. The molecule has 5 nitrogen and oxygen atoms in total. The van der Waals surface area contributed by atoms with Crippen LogP contribution in [0.2, 0.25) is 5.15 Å². The van der Waals surface area contributed by atoms with E-state index in [0.717, 1.165) is 6.54 Å². The van der Waals surface area contributed by atoms with Crippen molar-refractivity contribution in [3.8, 4) is 0 Å². The number of halogens is 1. The second-order valence-electron chi connectivity index (χ2n) is 5.16. The van der Waals surface area contributed by atoms with Gasteiger partial charge in [0.15, 0.2) is 0 Å². The van der Waals surface area contributed by atoms with E-state index < -0.39 is 4.92 Å². The standard InChI is InChI=1S/C12H16ClN3O2/c1-12(4-2-3-5-12)8-14-11-7-9(16(17)18)6-10(13)15-11/h6-7H,2-5,8H2,1H3,(H,14,15). The van der Waals surface area contributed by atoms with Crippen LogP contribution in [0.1, 0.15) is 32.6 Å². The van der Waals surface area contributed by atoms with Gasteiger partial charge in [0.1, 0.15) is 11.0 Å². The van der Waals surface area contributed by atoms with Crippen LogP contribution in [0.5, 0.6) is 0 Å². The molecule has 1 aliphatic rings. The minimum atomic E-state index is -0.462. The first kappa shape index (κ1) is 13.1. The zero-order chi connectivity index (χ0) is 13.2. The van der Waals surface area contributed by atoms with Gasteiger partial charge in [0.2, 0.25) is 0 Å². The minimum Gasteiger partial charge on any atom is -0.369 e. The third-order valence-electron chi connectivity index (χ3n) is 3.50. The van der Waals surface area contributed by atoms with Gasteiger partial charge in [-0.2, -0.15) is 0 Å². The first-order valence-electron chi connectivity index (χ1n) is 6.04. The van der Waals surface area contributed by atoms with E-state index in [2.05, 4.69) is 17.2 Å². The number of nitrogens with one attached hydrogen (secondary N) is 1. The average Bonchev–Trinajstić information content (AvgIpc) is 2.73. The second kappa shape index (κ2) is 5.10. The fourth-order valence-corrected chi connectivity index (χ4v) is 2.59. The molecular formula is C12H16ClN3O2. The Labute approximate surface area is 111 Å². The fraction of sp³-hybridized carbons (Fsp3) is 0.583. The van der Waals surface area contributed by atoms with Crippen molar-refractivity contribution < 1.29 is 4.92 Å². The van der Waals surface area contributed by atoms with Crippen LogP contribution < -0.4 is 5.32 Å². The predicted octanol–water partition coefficient (Wildman–Crippen LogP) is 3.64. The highest BCUT2D eigenvalue weighted by molar-refractivity contribution is 6.29. The van der Waals surface area contributed by atoms with Crippen LogP contribution in [0.4, 0.5) is 11.5 Å². The molecule has 1 N–H and O–H groups in total. The summed E-state index contributed by atoms with van der Waals surface area (Å²) in [6.07, 6.45) is 4.87. The van der Waals surface area contributed by atoms with E-state index in [1.807, 2.05) is 0 Å². The molecule has 0 saturated heterocycles. The van der Waals surface area contributed by atoms with Crippen LogP contribution in [-0.2, 0) is 0 Å². The third-order valence-corrected chi connectivity index (χ3v) is 3.69. The Balaban J connectivity index is 2.07. The van der Waals surface area contributed by atoms with E-state index >= 15 is 0 Å². The molecule has 1 aromatic rings. The zero-order valence-corrected chi connectivity index (χ0v) is 11.0.